The van der Waals surface area contributed by atoms with Crippen molar-refractivity contribution in [1.29, 1.82) is 0 Å². The van der Waals surface area contributed by atoms with E-state index >= 15 is 0 Å². The van der Waals surface area contributed by atoms with Crippen LogP contribution in [0.2, 0.25) is 0 Å². The van der Waals surface area contributed by atoms with Crippen LogP contribution in [0.4, 0.5) is 4.79 Å². The number of aliphatic hydroxyl groups is 1. The maximum atomic E-state index is 13.0. The summed E-state index contributed by atoms with van der Waals surface area (Å²) in [7, 11) is 1.69. The predicted molar refractivity (Wildman–Crippen MR) is 180 cm³/mol. The fourth-order valence-corrected chi connectivity index (χ4v) is 11.2. The highest BCUT2D eigenvalue weighted by Gasteiger charge is 2.67. The Balaban J connectivity index is 0.894. The standard InChI is InChI=1S/C39H54N2O6/c1-37-19-16-31(47-36(43)41-29-10-8-28(9-11-29)40-23-25-4-12-30(45-3)13-5-25)22-27(37)7-14-34-33(37)17-20-38(2)32(18-21-39(34,38)44)26-6-15-35(42)46-24-26/h4-6,12-13,15,24,27-29,31-34,40,44H,7-11,14,16-23H2,1-3H3,(H,41,43)/t27-,28?,29?,31+,32-,33+,34-,37+,38-,39+/m1/s1. The van der Waals surface area contributed by atoms with Crippen LogP contribution in [-0.4, -0.2) is 42.1 Å². The summed E-state index contributed by atoms with van der Waals surface area (Å²) in [4.78, 5) is 24.7. The molecule has 0 spiro atoms. The van der Waals surface area contributed by atoms with Gasteiger partial charge < -0.3 is 29.6 Å². The van der Waals surface area contributed by atoms with Crippen LogP contribution >= 0.6 is 0 Å². The lowest BCUT2D eigenvalue weighted by Gasteiger charge is -2.63. The molecule has 0 aliphatic heterocycles. The molecule has 0 saturated heterocycles. The number of hydrogen-bond acceptors (Lipinski definition) is 7. The molecule has 1 heterocycles. The Morgan fingerprint density at radius 3 is 2.38 bits per heavy atom. The number of amides is 1. The fraction of sp³-hybridized carbons (Fsp3) is 0.692. The van der Waals surface area contributed by atoms with Gasteiger partial charge in [0, 0.05) is 30.1 Å². The first-order valence-corrected chi connectivity index (χ1v) is 18.3. The number of carbonyl (C=O) groups is 1. The normalized spacial score (nSPS) is 39.6. The lowest BCUT2D eigenvalue weighted by atomic mass is 9.43. The minimum absolute atomic E-state index is 0.0346. The molecule has 5 saturated carbocycles. The van der Waals surface area contributed by atoms with Crippen LogP contribution in [0.15, 0.2) is 51.9 Å². The minimum atomic E-state index is -0.706. The highest BCUT2D eigenvalue weighted by atomic mass is 16.6. The molecule has 1 aromatic heterocycles. The number of nitrogens with one attached hydrogen (secondary N) is 2. The molecule has 5 aliphatic rings. The zero-order chi connectivity index (χ0) is 32.8. The quantitative estimate of drug-likeness (QED) is 0.295. The molecule has 5 fully saturated rings. The third kappa shape index (κ3) is 6.03. The highest BCUT2D eigenvalue weighted by molar-refractivity contribution is 5.67. The van der Waals surface area contributed by atoms with E-state index in [1.54, 1.807) is 13.4 Å². The molecular formula is C39H54N2O6. The predicted octanol–water partition coefficient (Wildman–Crippen LogP) is 7.09. The van der Waals surface area contributed by atoms with E-state index < -0.39 is 5.60 Å². The van der Waals surface area contributed by atoms with Crippen molar-refractivity contribution >= 4 is 6.09 Å². The summed E-state index contributed by atoms with van der Waals surface area (Å²) < 4.78 is 16.6. The number of hydrogen-bond donors (Lipinski definition) is 3. The summed E-state index contributed by atoms with van der Waals surface area (Å²) in [6.07, 6.45) is 14.2. The zero-order valence-electron chi connectivity index (χ0n) is 28.5. The largest absolute Gasteiger partial charge is 0.497 e. The third-order valence-electron chi connectivity index (χ3n) is 14.0. The van der Waals surface area contributed by atoms with Crippen molar-refractivity contribution in [2.24, 2.45) is 28.6 Å². The second-order valence-corrected chi connectivity index (χ2v) is 16.1. The maximum absolute atomic E-state index is 13.0. The first-order chi connectivity index (χ1) is 22.6. The Labute approximate surface area is 279 Å². The lowest BCUT2D eigenvalue weighted by Crippen LogP contribution is -2.62. The lowest BCUT2D eigenvalue weighted by molar-refractivity contribution is -0.205. The third-order valence-corrected chi connectivity index (χ3v) is 14.0. The Kier molecular flexibility index (Phi) is 8.96. The van der Waals surface area contributed by atoms with Crippen LogP contribution in [0.25, 0.3) is 0 Å². The topological polar surface area (TPSA) is 110 Å². The van der Waals surface area contributed by atoms with Crippen LogP contribution in [0, 0.1) is 28.6 Å². The summed E-state index contributed by atoms with van der Waals surface area (Å²) in [5, 5.41) is 19.4. The smallest absolute Gasteiger partial charge is 0.407 e. The van der Waals surface area contributed by atoms with Crippen molar-refractivity contribution < 1.29 is 23.8 Å². The van der Waals surface area contributed by atoms with E-state index in [9.17, 15) is 14.7 Å². The van der Waals surface area contributed by atoms with Gasteiger partial charge in [0.2, 0.25) is 0 Å². The molecule has 5 aliphatic carbocycles. The Morgan fingerprint density at radius 1 is 0.894 bits per heavy atom. The first-order valence-electron chi connectivity index (χ1n) is 18.3. The van der Waals surface area contributed by atoms with Crippen molar-refractivity contribution in [3.05, 3.63) is 64.2 Å². The molecule has 8 nitrogen and oxygen atoms in total. The van der Waals surface area contributed by atoms with Gasteiger partial charge in [-0.25, -0.2) is 9.59 Å². The number of rotatable bonds is 7. The first kappa shape index (κ1) is 32.7. The number of alkyl carbamates (subject to hydrolysis) is 1. The molecule has 0 radical (unpaired) electrons. The molecule has 47 heavy (non-hydrogen) atoms. The molecule has 3 N–H and O–H groups in total. The highest BCUT2D eigenvalue weighted by Crippen LogP contribution is 2.70. The molecule has 1 amide bonds. The molecule has 2 aromatic rings. The molecule has 256 valence electrons. The average molecular weight is 647 g/mol. The van der Waals surface area contributed by atoms with Crippen LogP contribution in [-0.2, 0) is 11.3 Å². The number of carbonyl (C=O) groups excluding carboxylic acids is 1. The van der Waals surface area contributed by atoms with E-state index in [4.69, 9.17) is 13.9 Å². The zero-order valence-corrected chi connectivity index (χ0v) is 28.5. The summed E-state index contributed by atoms with van der Waals surface area (Å²) in [6, 6.07) is 12.3. The van der Waals surface area contributed by atoms with E-state index in [1.165, 1.54) is 11.6 Å². The van der Waals surface area contributed by atoms with E-state index in [0.29, 0.717) is 17.9 Å². The van der Waals surface area contributed by atoms with Gasteiger partial charge in [0.25, 0.3) is 0 Å². The van der Waals surface area contributed by atoms with Gasteiger partial charge in [0.1, 0.15) is 11.9 Å². The SMILES string of the molecule is COc1ccc(CNC2CCC(NC(=O)O[C@H]3CC[C@@]4(C)[C@H](CC[C@@H]5[C@@H]4CC[C@]4(C)[C@@H](c6ccc(=O)oc6)CC[C@]54O)C3)CC2)cc1. The summed E-state index contributed by atoms with van der Waals surface area (Å²) >= 11 is 0. The van der Waals surface area contributed by atoms with Crippen molar-refractivity contribution in [3.63, 3.8) is 0 Å². The van der Waals surface area contributed by atoms with Gasteiger partial charge in [-0.3, -0.25) is 0 Å². The van der Waals surface area contributed by atoms with Gasteiger partial charge in [-0.2, -0.15) is 0 Å². The van der Waals surface area contributed by atoms with Crippen molar-refractivity contribution in [3.8, 4) is 5.75 Å². The van der Waals surface area contributed by atoms with Gasteiger partial charge >= 0.3 is 11.7 Å². The van der Waals surface area contributed by atoms with E-state index in [2.05, 4.69) is 36.6 Å². The molecular weight excluding hydrogens is 592 g/mol. The van der Waals surface area contributed by atoms with Gasteiger partial charge in [0.05, 0.1) is 19.0 Å². The number of ether oxygens (including phenoxy) is 2. The molecule has 7 rings (SSSR count). The minimum Gasteiger partial charge on any atom is -0.497 e. The van der Waals surface area contributed by atoms with Gasteiger partial charge in [0.15, 0.2) is 0 Å². The summed E-state index contributed by atoms with van der Waals surface area (Å²) in [5.41, 5.74) is 1.20. The number of benzene rings is 1. The Bertz CT molecular complexity index is 1450. The van der Waals surface area contributed by atoms with Crippen LogP contribution in [0.3, 0.4) is 0 Å². The van der Waals surface area contributed by atoms with E-state index in [1.807, 2.05) is 18.2 Å². The van der Waals surface area contributed by atoms with Gasteiger partial charge in [-0.1, -0.05) is 26.0 Å². The summed E-state index contributed by atoms with van der Waals surface area (Å²) in [6.45, 7) is 5.59. The fourth-order valence-electron chi connectivity index (χ4n) is 11.2. The molecule has 8 atom stereocenters. The average Bonchev–Trinajstić information content (AvgIpc) is 3.36. The number of methoxy groups -OCH3 is 1. The van der Waals surface area contributed by atoms with Crippen molar-refractivity contribution in [2.75, 3.05) is 7.11 Å². The van der Waals surface area contributed by atoms with E-state index in [0.717, 1.165) is 101 Å². The molecule has 8 heteroatoms. The second-order valence-electron chi connectivity index (χ2n) is 16.1. The summed E-state index contributed by atoms with van der Waals surface area (Å²) in [5.74, 6) is 2.35. The van der Waals surface area contributed by atoms with Gasteiger partial charge in [-0.05, 0) is 142 Å². The van der Waals surface area contributed by atoms with Crippen LogP contribution < -0.4 is 21.0 Å². The van der Waals surface area contributed by atoms with Crippen molar-refractivity contribution in [2.45, 2.75) is 134 Å². The number of fused-ring (bicyclic) bond motifs is 5. The van der Waals surface area contributed by atoms with Crippen molar-refractivity contribution in [1.82, 2.24) is 10.6 Å². The maximum Gasteiger partial charge on any atom is 0.407 e. The molecule has 0 unspecified atom stereocenters. The Hall–Kier alpha value is -2.84. The van der Waals surface area contributed by atoms with Crippen LogP contribution in [0.1, 0.15) is 114 Å². The van der Waals surface area contributed by atoms with Gasteiger partial charge in [-0.15, -0.1) is 0 Å². The Morgan fingerprint density at radius 2 is 1.66 bits per heavy atom. The monoisotopic (exact) mass is 646 g/mol. The molecule has 1 aromatic carbocycles. The van der Waals surface area contributed by atoms with Crippen LogP contribution in [0.5, 0.6) is 5.75 Å². The molecule has 0 bridgehead atoms. The second kappa shape index (κ2) is 12.9. The van der Waals surface area contributed by atoms with E-state index in [-0.39, 0.29) is 46.5 Å².